The highest BCUT2D eigenvalue weighted by Gasteiger charge is 2.15. The molecule has 1 atom stereocenters. The Balaban J connectivity index is 1.92. The van der Waals surface area contributed by atoms with Crippen molar-refractivity contribution in [2.75, 3.05) is 13.7 Å². The number of Topliss-reactive ketones (excluding diaryl/α,β-unsaturated/α-hetero) is 1. The molecule has 0 aromatic heterocycles. The van der Waals surface area contributed by atoms with Crippen LogP contribution in [-0.4, -0.2) is 25.5 Å². The predicted molar refractivity (Wildman–Crippen MR) is 77.2 cm³/mol. The fourth-order valence-corrected chi connectivity index (χ4v) is 2.65. The first-order valence-electron chi connectivity index (χ1n) is 6.81. The van der Waals surface area contributed by atoms with Crippen molar-refractivity contribution in [2.45, 2.75) is 38.1 Å². The summed E-state index contributed by atoms with van der Waals surface area (Å²) in [7, 11) is 1.56. The smallest absolute Gasteiger partial charge is 0.163 e. The summed E-state index contributed by atoms with van der Waals surface area (Å²) in [6.07, 6.45) is 5.17. The van der Waals surface area contributed by atoms with Gasteiger partial charge in [-0.05, 0) is 44.0 Å². The van der Waals surface area contributed by atoms with Crippen LogP contribution in [0.5, 0.6) is 5.75 Å². The molecule has 0 bridgehead atoms. The van der Waals surface area contributed by atoms with Crippen molar-refractivity contribution in [1.29, 1.82) is 0 Å². The van der Waals surface area contributed by atoms with Crippen molar-refractivity contribution >= 4 is 17.4 Å². The Morgan fingerprint density at radius 2 is 2.32 bits per heavy atom. The van der Waals surface area contributed by atoms with Gasteiger partial charge in [-0.2, -0.15) is 0 Å². The molecule has 3 nitrogen and oxygen atoms in total. The zero-order valence-electron chi connectivity index (χ0n) is 11.2. The van der Waals surface area contributed by atoms with Crippen molar-refractivity contribution in [3.63, 3.8) is 0 Å². The lowest BCUT2D eigenvalue weighted by Crippen LogP contribution is -2.34. The Bertz CT molecular complexity index is 442. The van der Waals surface area contributed by atoms with E-state index >= 15 is 0 Å². The molecule has 1 heterocycles. The molecular weight excluding hydrogens is 262 g/mol. The van der Waals surface area contributed by atoms with E-state index in [1.54, 1.807) is 25.3 Å². The molecule has 1 saturated heterocycles. The molecule has 0 amide bonds. The quantitative estimate of drug-likeness (QED) is 0.840. The first kappa shape index (κ1) is 14.4. The highest BCUT2D eigenvalue weighted by atomic mass is 35.5. The van der Waals surface area contributed by atoms with Gasteiger partial charge in [0, 0.05) is 18.0 Å². The molecule has 2 rings (SSSR count). The van der Waals surface area contributed by atoms with Crippen LogP contribution < -0.4 is 10.1 Å². The summed E-state index contributed by atoms with van der Waals surface area (Å²) in [4.78, 5) is 12.1. The van der Waals surface area contributed by atoms with E-state index in [1.807, 2.05) is 0 Å². The van der Waals surface area contributed by atoms with Gasteiger partial charge in [-0.15, -0.1) is 0 Å². The maximum absolute atomic E-state index is 12.1. The molecule has 1 fully saturated rings. The van der Waals surface area contributed by atoms with E-state index in [4.69, 9.17) is 16.3 Å². The second-order valence-corrected chi connectivity index (χ2v) is 5.37. The van der Waals surface area contributed by atoms with E-state index in [0.717, 1.165) is 13.0 Å². The molecule has 1 aromatic carbocycles. The van der Waals surface area contributed by atoms with E-state index in [1.165, 1.54) is 19.3 Å². The number of ether oxygens (including phenoxy) is 1. The number of ketones is 1. The van der Waals surface area contributed by atoms with E-state index in [9.17, 15) is 4.79 Å². The van der Waals surface area contributed by atoms with Gasteiger partial charge < -0.3 is 10.1 Å². The van der Waals surface area contributed by atoms with Crippen LogP contribution in [0.25, 0.3) is 0 Å². The van der Waals surface area contributed by atoms with Crippen LogP contribution in [0, 0.1) is 0 Å². The van der Waals surface area contributed by atoms with E-state index in [0.29, 0.717) is 28.8 Å². The summed E-state index contributed by atoms with van der Waals surface area (Å²) in [5, 5.41) is 3.99. The van der Waals surface area contributed by atoms with Gasteiger partial charge in [0.15, 0.2) is 5.78 Å². The maximum Gasteiger partial charge on any atom is 0.163 e. The molecule has 1 unspecified atom stereocenters. The molecule has 1 aliphatic heterocycles. The SMILES string of the molecule is COc1cc(C(=O)CCC2CCCCN2)ccc1Cl. The van der Waals surface area contributed by atoms with Crippen LogP contribution in [0.2, 0.25) is 5.02 Å². The third-order valence-electron chi connectivity index (χ3n) is 3.61. The molecular formula is C15H20ClNO2. The Labute approximate surface area is 119 Å². The second kappa shape index (κ2) is 6.92. The van der Waals surface area contributed by atoms with Crippen LogP contribution in [0.4, 0.5) is 0 Å². The highest BCUT2D eigenvalue weighted by molar-refractivity contribution is 6.32. The Hall–Kier alpha value is -1.06. The monoisotopic (exact) mass is 281 g/mol. The third kappa shape index (κ3) is 3.95. The molecule has 0 saturated carbocycles. The first-order chi connectivity index (χ1) is 9.20. The topological polar surface area (TPSA) is 38.3 Å². The fraction of sp³-hybridized carbons (Fsp3) is 0.533. The van der Waals surface area contributed by atoms with E-state index < -0.39 is 0 Å². The van der Waals surface area contributed by atoms with Crippen molar-refractivity contribution in [3.05, 3.63) is 28.8 Å². The summed E-state index contributed by atoms with van der Waals surface area (Å²) < 4.78 is 5.13. The van der Waals surface area contributed by atoms with Gasteiger partial charge in [-0.3, -0.25) is 4.79 Å². The molecule has 1 N–H and O–H groups in total. The molecule has 1 aliphatic rings. The van der Waals surface area contributed by atoms with Crippen molar-refractivity contribution in [1.82, 2.24) is 5.32 Å². The lowest BCUT2D eigenvalue weighted by Gasteiger charge is -2.23. The lowest BCUT2D eigenvalue weighted by atomic mass is 9.97. The van der Waals surface area contributed by atoms with Crippen molar-refractivity contribution in [2.24, 2.45) is 0 Å². The molecule has 0 spiro atoms. The lowest BCUT2D eigenvalue weighted by molar-refractivity contribution is 0.0974. The number of carbonyl (C=O) groups excluding carboxylic acids is 1. The number of methoxy groups -OCH3 is 1. The zero-order valence-corrected chi connectivity index (χ0v) is 12.0. The number of benzene rings is 1. The molecule has 0 aliphatic carbocycles. The Morgan fingerprint density at radius 3 is 3.00 bits per heavy atom. The van der Waals surface area contributed by atoms with Crippen molar-refractivity contribution < 1.29 is 9.53 Å². The molecule has 4 heteroatoms. The number of nitrogens with one attached hydrogen (secondary N) is 1. The number of hydrogen-bond donors (Lipinski definition) is 1. The van der Waals surface area contributed by atoms with E-state index in [-0.39, 0.29) is 5.78 Å². The Kier molecular flexibility index (Phi) is 5.23. The average molecular weight is 282 g/mol. The maximum atomic E-state index is 12.1. The third-order valence-corrected chi connectivity index (χ3v) is 3.92. The standard InChI is InChI=1S/C15H20ClNO2/c1-19-15-10-11(5-7-13(15)16)14(18)8-6-12-4-2-3-9-17-12/h5,7,10,12,17H,2-4,6,8-9H2,1H3. The summed E-state index contributed by atoms with van der Waals surface area (Å²) in [5.41, 5.74) is 0.678. The van der Waals surface area contributed by atoms with Crippen LogP contribution in [0.1, 0.15) is 42.5 Å². The summed E-state index contributed by atoms with van der Waals surface area (Å²) in [6, 6.07) is 5.69. The minimum absolute atomic E-state index is 0.155. The van der Waals surface area contributed by atoms with Crippen LogP contribution in [-0.2, 0) is 0 Å². The van der Waals surface area contributed by atoms with Gasteiger partial charge in [-0.25, -0.2) is 0 Å². The number of hydrogen-bond acceptors (Lipinski definition) is 3. The molecule has 19 heavy (non-hydrogen) atoms. The summed E-state index contributed by atoms with van der Waals surface area (Å²) in [6.45, 7) is 1.08. The van der Waals surface area contributed by atoms with Gasteiger partial charge in [-0.1, -0.05) is 18.0 Å². The zero-order chi connectivity index (χ0) is 13.7. The minimum Gasteiger partial charge on any atom is -0.495 e. The van der Waals surface area contributed by atoms with Gasteiger partial charge >= 0.3 is 0 Å². The van der Waals surface area contributed by atoms with Gasteiger partial charge in [0.2, 0.25) is 0 Å². The minimum atomic E-state index is 0.155. The number of halogens is 1. The van der Waals surface area contributed by atoms with Crippen LogP contribution in [0.3, 0.4) is 0 Å². The van der Waals surface area contributed by atoms with Crippen molar-refractivity contribution in [3.8, 4) is 5.75 Å². The predicted octanol–water partition coefficient (Wildman–Crippen LogP) is 3.45. The highest BCUT2D eigenvalue weighted by Crippen LogP contribution is 2.26. The van der Waals surface area contributed by atoms with Gasteiger partial charge in [0.1, 0.15) is 5.75 Å². The number of carbonyl (C=O) groups is 1. The number of rotatable bonds is 5. The van der Waals surface area contributed by atoms with Gasteiger partial charge in [0.05, 0.1) is 12.1 Å². The molecule has 1 aromatic rings. The average Bonchev–Trinajstić information content (AvgIpc) is 2.46. The fourth-order valence-electron chi connectivity index (χ4n) is 2.45. The molecule has 104 valence electrons. The second-order valence-electron chi connectivity index (χ2n) is 4.96. The largest absolute Gasteiger partial charge is 0.495 e. The Morgan fingerprint density at radius 1 is 1.47 bits per heavy atom. The molecule has 0 radical (unpaired) electrons. The first-order valence-corrected chi connectivity index (χ1v) is 7.18. The normalized spacial score (nSPS) is 19.2. The van der Waals surface area contributed by atoms with Crippen LogP contribution >= 0.6 is 11.6 Å². The van der Waals surface area contributed by atoms with E-state index in [2.05, 4.69) is 5.32 Å². The summed E-state index contributed by atoms with van der Waals surface area (Å²) >= 11 is 5.95. The van der Waals surface area contributed by atoms with Gasteiger partial charge in [0.25, 0.3) is 0 Å². The summed E-state index contributed by atoms with van der Waals surface area (Å²) in [5.74, 6) is 0.714. The number of piperidine rings is 1. The van der Waals surface area contributed by atoms with Crippen LogP contribution in [0.15, 0.2) is 18.2 Å².